The molecule has 0 bridgehead atoms. The number of primary amides is 1. The highest BCUT2D eigenvalue weighted by Crippen LogP contribution is 1.96. The van der Waals surface area contributed by atoms with Crippen LogP contribution in [0.4, 0.5) is 0 Å². The first kappa shape index (κ1) is 10.4. The smallest absolute Gasteiger partial charge is 0.248 e. The Morgan fingerprint density at radius 3 is 2.50 bits per heavy atom. The van der Waals surface area contributed by atoms with Gasteiger partial charge in [-0.2, -0.15) is 0 Å². The second-order valence-corrected chi connectivity index (χ2v) is 2.36. The summed E-state index contributed by atoms with van der Waals surface area (Å²) in [6.07, 6.45) is 6.82. The van der Waals surface area contributed by atoms with E-state index < -0.39 is 5.91 Å². The van der Waals surface area contributed by atoms with Crippen LogP contribution in [0.3, 0.4) is 0 Å². The van der Waals surface area contributed by atoms with E-state index in [-0.39, 0.29) is 0 Å². The van der Waals surface area contributed by atoms with Crippen LogP contribution in [0.2, 0.25) is 0 Å². The fourth-order valence-corrected chi connectivity index (χ4v) is 0.466. The van der Waals surface area contributed by atoms with Crippen molar-refractivity contribution >= 4 is 5.91 Å². The predicted octanol–water partition coefficient (Wildman–Crippen LogP) is 1.72. The first-order valence-corrected chi connectivity index (χ1v) is 3.54. The summed E-state index contributed by atoms with van der Waals surface area (Å²) in [6.45, 7) is 8.94. The minimum absolute atomic E-state index is 0.295. The van der Waals surface area contributed by atoms with Gasteiger partial charge in [0.2, 0.25) is 5.91 Å². The summed E-state index contributed by atoms with van der Waals surface area (Å²) < 4.78 is 0. The molecule has 0 aliphatic carbocycles. The first-order chi connectivity index (χ1) is 5.57. The van der Waals surface area contributed by atoms with E-state index in [4.69, 9.17) is 5.73 Å². The fourth-order valence-electron chi connectivity index (χ4n) is 0.466. The molecule has 2 nitrogen and oxygen atoms in total. The van der Waals surface area contributed by atoms with Gasteiger partial charge in [-0.15, -0.1) is 0 Å². The lowest BCUT2D eigenvalue weighted by molar-refractivity contribution is -0.114. The zero-order chi connectivity index (χ0) is 9.56. The van der Waals surface area contributed by atoms with Crippen molar-refractivity contribution < 1.29 is 4.79 Å². The maximum absolute atomic E-state index is 10.5. The Kier molecular flexibility index (Phi) is 4.46. The third-order valence-corrected chi connectivity index (χ3v) is 1.29. The molecule has 12 heavy (non-hydrogen) atoms. The molecule has 0 saturated carbocycles. The normalized spacial score (nSPS) is 11.6. The number of amides is 1. The van der Waals surface area contributed by atoms with E-state index in [1.165, 1.54) is 0 Å². The molecule has 0 heterocycles. The third-order valence-electron chi connectivity index (χ3n) is 1.29. The van der Waals surface area contributed by atoms with E-state index in [2.05, 4.69) is 13.2 Å². The predicted molar refractivity (Wildman–Crippen MR) is 51.4 cm³/mol. The Morgan fingerprint density at radius 1 is 1.50 bits per heavy atom. The maximum atomic E-state index is 10.5. The average Bonchev–Trinajstić information content (AvgIpc) is 2.03. The Balaban J connectivity index is 4.18. The Morgan fingerprint density at radius 2 is 2.08 bits per heavy atom. The van der Waals surface area contributed by atoms with Gasteiger partial charge in [-0.3, -0.25) is 4.79 Å². The number of rotatable bonds is 4. The second-order valence-electron chi connectivity index (χ2n) is 2.36. The molecule has 0 aliphatic rings. The number of carbonyl (C=O) groups excluding carboxylic acids is 1. The highest BCUT2D eigenvalue weighted by Gasteiger charge is 1.92. The molecular formula is C10H13NO. The highest BCUT2D eigenvalue weighted by molar-refractivity contribution is 5.94. The zero-order valence-corrected chi connectivity index (χ0v) is 7.21. The van der Waals surface area contributed by atoms with Gasteiger partial charge < -0.3 is 5.73 Å². The molecule has 0 aromatic rings. The van der Waals surface area contributed by atoms with Gasteiger partial charge in [0.1, 0.15) is 0 Å². The number of allylic oxidation sites excluding steroid dienone is 4. The van der Waals surface area contributed by atoms with E-state index in [1.54, 1.807) is 18.2 Å². The summed E-state index contributed by atoms with van der Waals surface area (Å²) in [5.41, 5.74) is 6.27. The molecule has 0 fully saturated rings. The van der Waals surface area contributed by atoms with E-state index in [0.717, 1.165) is 5.57 Å². The van der Waals surface area contributed by atoms with Gasteiger partial charge in [0.25, 0.3) is 0 Å². The van der Waals surface area contributed by atoms with E-state index in [0.29, 0.717) is 5.57 Å². The lowest BCUT2D eigenvalue weighted by Crippen LogP contribution is -2.11. The maximum Gasteiger partial charge on any atom is 0.248 e. The summed E-state index contributed by atoms with van der Waals surface area (Å²) in [6, 6.07) is 0. The molecule has 0 spiro atoms. The molecule has 0 atom stereocenters. The standard InChI is InChI=1S/C10H13NO/c1-4-8(2)6-5-7-9(3)10(11)12/h4-7H,1,3H2,2H3,(H2,11,12)/b7-5-,8-6-. The molecule has 0 aromatic heterocycles. The molecule has 1 amide bonds. The van der Waals surface area contributed by atoms with Crippen LogP contribution < -0.4 is 5.73 Å². The molecular weight excluding hydrogens is 150 g/mol. The molecule has 0 rings (SSSR count). The van der Waals surface area contributed by atoms with Crippen molar-refractivity contribution in [1.82, 2.24) is 0 Å². The molecule has 2 heteroatoms. The summed E-state index contributed by atoms with van der Waals surface area (Å²) in [5, 5.41) is 0. The van der Waals surface area contributed by atoms with Gasteiger partial charge in [-0.1, -0.05) is 43.0 Å². The zero-order valence-electron chi connectivity index (χ0n) is 7.21. The molecule has 0 saturated heterocycles. The van der Waals surface area contributed by atoms with E-state index >= 15 is 0 Å². The number of hydrogen-bond donors (Lipinski definition) is 1. The van der Waals surface area contributed by atoms with Gasteiger partial charge in [0, 0.05) is 5.57 Å². The monoisotopic (exact) mass is 163 g/mol. The minimum Gasteiger partial charge on any atom is -0.366 e. The van der Waals surface area contributed by atoms with Crippen molar-refractivity contribution in [3.8, 4) is 0 Å². The van der Waals surface area contributed by atoms with Gasteiger partial charge in [-0.25, -0.2) is 0 Å². The SMILES string of the molecule is C=C/C(C)=C\C=C/C(=C)C(N)=O. The summed E-state index contributed by atoms with van der Waals surface area (Å²) in [4.78, 5) is 10.5. The Bertz CT molecular complexity index is 259. The molecule has 0 aliphatic heterocycles. The molecule has 0 unspecified atom stereocenters. The lowest BCUT2D eigenvalue weighted by atomic mass is 10.2. The Hall–Kier alpha value is -1.57. The highest BCUT2D eigenvalue weighted by atomic mass is 16.1. The lowest BCUT2D eigenvalue weighted by Gasteiger charge is -1.89. The molecule has 2 N–H and O–H groups in total. The van der Waals surface area contributed by atoms with Crippen LogP contribution in [0, 0.1) is 0 Å². The van der Waals surface area contributed by atoms with Crippen LogP contribution in [0.1, 0.15) is 6.92 Å². The van der Waals surface area contributed by atoms with Crippen LogP contribution in [0.15, 0.2) is 48.6 Å². The fraction of sp³-hybridized carbons (Fsp3) is 0.100. The third kappa shape index (κ3) is 4.28. The van der Waals surface area contributed by atoms with Crippen LogP contribution in [-0.2, 0) is 4.79 Å². The van der Waals surface area contributed by atoms with Crippen LogP contribution in [0.5, 0.6) is 0 Å². The van der Waals surface area contributed by atoms with Crippen LogP contribution >= 0.6 is 0 Å². The van der Waals surface area contributed by atoms with Crippen molar-refractivity contribution in [3.63, 3.8) is 0 Å². The van der Waals surface area contributed by atoms with Crippen LogP contribution in [0.25, 0.3) is 0 Å². The van der Waals surface area contributed by atoms with Gasteiger partial charge in [0.05, 0.1) is 0 Å². The molecule has 64 valence electrons. The van der Waals surface area contributed by atoms with Crippen molar-refractivity contribution in [2.24, 2.45) is 5.73 Å². The number of hydrogen-bond acceptors (Lipinski definition) is 1. The number of nitrogens with two attached hydrogens (primary N) is 1. The molecule has 0 aromatic carbocycles. The molecule has 0 radical (unpaired) electrons. The summed E-state index contributed by atoms with van der Waals surface area (Å²) >= 11 is 0. The quantitative estimate of drug-likeness (QED) is 0.497. The average molecular weight is 163 g/mol. The van der Waals surface area contributed by atoms with Crippen molar-refractivity contribution in [2.45, 2.75) is 6.92 Å². The van der Waals surface area contributed by atoms with Crippen molar-refractivity contribution in [1.29, 1.82) is 0 Å². The first-order valence-electron chi connectivity index (χ1n) is 3.54. The minimum atomic E-state index is -0.504. The summed E-state index contributed by atoms with van der Waals surface area (Å²) in [7, 11) is 0. The largest absolute Gasteiger partial charge is 0.366 e. The summed E-state index contributed by atoms with van der Waals surface area (Å²) in [5.74, 6) is -0.504. The topological polar surface area (TPSA) is 43.1 Å². The number of carbonyl (C=O) groups is 1. The van der Waals surface area contributed by atoms with Crippen LogP contribution in [-0.4, -0.2) is 5.91 Å². The van der Waals surface area contributed by atoms with Gasteiger partial charge in [-0.05, 0) is 6.92 Å². The van der Waals surface area contributed by atoms with Gasteiger partial charge >= 0.3 is 0 Å². The van der Waals surface area contributed by atoms with E-state index in [1.807, 2.05) is 13.0 Å². The van der Waals surface area contributed by atoms with Crippen molar-refractivity contribution in [2.75, 3.05) is 0 Å². The van der Waals surface area contributed by atoms with Gasteiger partial charge in [0.15, 0.2) is 0 Å². The van der Waals surface area contributed by atoms with E-state index in [9.17, 15) is 4.79 Å². The second kappa shape index (κ2) is 5.13. The van der Waals surface area contributed by atoms with Crippen molar-refractivity contribution in [3.05, 3.63) is 48.6 Å². The Labute approximate surface area is 72.8 Å².